The van der Waals surface area contributed by atoms with Gasteiger partial charge in [0.1, 0.15) is 12.1 Å². The first-order valence-electron chi connectivity index (χ1n) is 6.36. The number of nitrogens with zero attached hydrogens (tertiary/aromatic N) is 2. The van der Waals surface area contributed by atoms with Gasteiger partial charge in [0.2, 0.25) is 0 Å². The Bertz CT molecular complexity index is 465. The van der Waals surface area contributed by atoms with Gasteiger partial charge in [-0.25, -0.2) is 0 Å². The first kappa shape index (κ1) is 17.8. The van der Waals surface area contributed by atoms with Crippen LogP contribution < -0.4 is 5.73 Å². The summed E-state index contributed by atoms with van der Waals surface area (Å²) in [6.07, 6.45) is -2.93. The van der Waals surface area contributed by atoms with E-state index < -0.39 is 24.2 Å². The molecule has 1 heterocycles. The number of carbonyl (C=O) groups is 1. The van der Waals surface area contributed by atoms with E-state index in [1.54, 1.807) is 6.92 Å². The summed E-state index contributed by atoms with van der Waals surface area (Å²) in [5.74, 6) is -0.429. The van der Waals surface area contributed by atoms with Crippen molar-refractivity contribution in [3.63, 3.8) is 0 Å². The molecule has 120 valence electrons. The zero-order chi connectivity index (χ0) is 16.0. The van der Waals surface area contributed by atoms with Crippen LogP contribution in [0.1, 0.15) is 24.6 Å². The van der Waals surface area contributed by atoms with Crippen molar-refractivity contribution in [1.29, 1.82) is 0 Å². The minimum Gasteiger partial charge on any atom is -0.480 e. The summed E-state index contributed by atoms with van der Waals surface area (Å²) >= 11 is 1.26. The average Bonchev–Trinajstić information content (AvgIpc) is 2.77. The maximum absolute atomic E-state index is 13.0. The molecule has 9 heteroatoms. The summed E-state index contributed by atoms with van der Waals surface area (Å²) in [5, 5.41) is 12.4. The fourth-order valence-corrected chi connectivity index (χ4v) is 2.70. The van der Waals surface area contributed by atoms with Crippen molar-refractivity contribution in [2.75, 3.05) is 11.5 Å². The highest BCUT2D eigenvalue weighted by Gasteiger charge is 2.41. The van der Waals surface area contributed by atoms with E-state index in [1.165, 1.54) is 24.0 Å². The van der Waals surface area contributed by atoms with E-state index in [1.807, 2.05) is 0 Å². The summed E-state index contributed by atoms with van der Waals surface area (Å²) in [6.45, 7) is 1.63. The molecule has 0 aliphatic rings. The van der Waals surface area contributed by atoms with Crippen molar-refractivity contribution < 1.29 is 23.1 Å². The summed E-state index contributed by atoms with van der Waals surface area (Å²) in [5.41, 5.74) is 5.85. The Morgan fingerprint density at radius 3 is 2.57 bits per heavy atom. The van der Waals surface area contributed by atoms with E-state index in [0.29, 0.717) is 11.4 Å². The number of carboxylic acid groups (broad SMARTS) is 1. The van der Waals surface area contributed by atoms with Gasteiger partial charge in [-0.1, -0.05) is 0 Å². The van der Waals surface area contributed by atoms with Gasteiger partial charge >= 0.3 is 12.1 Å². The molecule has 2 atom stereocenters. The number of nitrogens with two attached hydrogens (primary N) is 1. The predicted molar refractivity (Wildman–Crippen MR) is 74.2 cm³/mol. The summed E-state index contributed by atoms with van der Waals surface area (Å²) in [7, 11) is 0. The highest BCUT2D eigenvalue weighted by atomic mass is 32.2. The van der Waals surface area contributed by atoms with Crippen LogP contribution in [0.15, 0.2) is 12.3 Å². The van der Waals surface area contributed by atoms with Crippen molar-refractivity contribution >= 4 is 17.7 Å². The second-order valence-corrected chi connectivity index (χ2v) is 5.85. The van der Waals surface area contributed by atoms with Crippen LogP contribution in [0, 0.1) is 6.92 Å². The molecular weight excluding hydrogens is 307 g/mol. The molecule has 0 aliphatic heterocycles. The Labute approximate surface area is 124 Å². The van der Waals surface area contributed by atoms with E-state index in [0.717, 1.165) is 4.68 Å². The minimum atomic E-state index is -4.36. The molecule has 0 aliphatic carbocycles. The predicted octanol–water partition coefficient (Wildman–Crippen LogP) is 2.22. The van der Waals surface area contributed by atoms with Crippen LogP contribution in [0.2, 0.25) is 0 Å². The maximum atomic E-state index is 13.0. The molecule has 21 heavy (non-hydrogen) atoms. The van der Waals surface area contributed by atoms with Crippen LogP contribution in [0.3, 0.4) is 0 Å². The highest BCUT2D eigenvalue weighted by molar-refractivity contribution is 7.99. The number of alkyl halides is 3. The van der Waals surface area contributed by atoms with Crippen LogP contribution in [-0.4, -0.2) is 44.6 Å². The Morgan fingerprint density at radius 2 is 2.10 bits per heavy atom. The summed E-state index contributed by atoms with van der Waals surface area (Å²) < 4.78 is 39.9. The number of carboxylic acids is 1. The SMILES string of the molecule is Cc1ccn(C(CCSCCC(N)C(=O)O)C(F)(F)F)n1. The zero-order valence-corrected chi connectivity index (χ0v) is 12.3. The Kier molecular flexibility index (Phi) is 6.53. The normalized spacial score (nSPS) is 14.9. The molecule has 0 fully saturated rings. The molecule has 0 saturated heterocycles. The third-order valence-electron chi connectivity index (χ3n) is 2.86. The quantitative estimate of drug-likeness (QED) is 0.716. The smallest absolute Gasteiger partial charge is 0.410 e. The molecule has 0 bridgehead atoms. The number of thioether (sulfide) groups is 1. The highest BCUT2D eigenvalue weighted by Crippen LogP contribution is 2.33. The van der Waals surface area contributed by atoms with Gasteiger partial charge in [-0.05, 0) is 37.3 Å². The second kappa shape index (κ2) is 7.69. The largest absolute Gasteiger partial charge is 0.480 e. The lowest BCUT2D eigenvalue weighted by Crippen LogP contribution is -2.30. The first-order valence-corrected chi connectivity index (χ1v) is 7.52. The molecule has 0 saturated carbocycles. The molecule has 0 aromatic carbocycles. The monoisotopic (exact) mass is 325 g/mol. The van der Waals surface area contributed by atoms with Gasteiger partial charge in [-0.15, -0.1) is 0 Å². The average molecular weight is 325 g/mol. The fourth-order valence-electron chi connectivity index (χ4n) is 1.68. The molecule has 1 rings (SSSR count). The Hall–Kier alpha value is -1.22. The lowest BCUT2D eigenvalue weighted by atomic mass is 10.2. The van der Waals surface area contributed by atoms with Crippen LogP contribution in [-0.2, 0) is 4.79 Å². The molecule has 1 aromatic heterocycles. The van der Waals surface area contributed by atoms with Gasteiger partial charge in [-0.3, -0.25) is 9.48 Å². The van der Waals surface area contributed by atoms with E-state index in [9.17, 15) is 18.0 Å². The van der Waals surface area contributed by atoms with E-state index in [4.69, 9.17) is 10.8 Å². The van der Waals surface area contributed by atoms with Crippen LogP contribution >= 0.6 is 11.8 Å². The van der Waals surface area contributed by atoms with Gasteiger partial charge in [0.05, 0.1) is 5.69 Å². The van der Waals surface area contributed by atoms with Crippen LogP contribution in [0.5, 0.6) is 0 Å². The van der Waals surface area contributed by atoms with Gasteiger partial charge in [0, 0.05) is 6.20 Å². The van der Waals surface area contributed by atoms with Crippen LogP contribution in [0.4, 0.5) is 13.2 Å². The summed E-state index contributed by atoms with van der Waals surface area (Å²) in [6, 6.07) is -1.10. The van der Waals surface area contributed by atoms with Crippen molar-refractivity contribution in [2.45, 2.75) is 38.0 Å². The molecule has 0 amide bonds. The third-order valence-corrected chi connectivity index (χ3v) is 3.91. The fraction of sp³-hybridized carbons (Fsp3) is 0.667. The minimum absolute atomic E-state index is 0.113. The third kappa shape index (κ3) is 5.96. The number of hydrogen-bond donors (Lipinski definition) is 2. The summed E-state index contributed by atoms with van der Waals surface area (Å²) in [4.78, 5) is 10.5. The van der Waals surface area contributed by atoms with Gasteiger partial charge in [0.25, 0.3) is 0 Å². The standard InChI is InChI=1S/C12H18F3N3O2S/c1-8-2-5-18(17-8)10(12(13,14)15)4-7-21-6-3-9(16)11(19)20/h2,5,9-10H,3-4,6-7,16H2,1H3,(H,19,20). The Morgan fingerprint density at radius 1 is 1.48 bits per heavy atom. The van der Waals surface area contributed by atoms with Gasteiger partial charge in [0.15, 0.2) is 0 Å². The molecule has 3 N–H and O–H groups in total. The van der Waals surface area contributed by atoms with E-state index in [2.05, 4.69) is 5.10 Å². The van der Waals surface area contributed by atoms with Crippen molar-refractivity contribution in [3.05, 3.63) is 18.0 Å². The lowest BCUT2D eigenvalue weighted by molar-refractivity contribution is -0.170. The van der Waals surface area contributed by atoms with Crippen molar-refractivity contribution in [2.24, 2.45) is 5.73 Å². The van der Waals surface area contributed by atoms with Gasteiger partial charge in [-0.2, -0.15) is 30.0 Å². The number of rotatable bonds is 8. The van der Waals surface area contributed by atoms with Crippen molar-refractivity contribution in [3.8, 4) is 0 Å². The van der Waals surface area contributed by atoms with Gasteiger partial charge < -0.3 is 10.8 Å². The topological polar surface area (TPSA) is 81.1 Å². The molecular formula is C12H18F3N3O2S. The second-order valence-electron chi connectivity index (χ2n) is 4.63. The lowest BCUT2D eigenvalue weighted by Gasteiger charge is -2.20. The number of aryl methyl sites for hydroxylation is 1. The zero-order valence-electron chi connectivity index (χ0n) is 11.5. The van der Waals surface area contributed by atoms with E-state index in [-0.39, 0.29) is 18.6 Å². The first-order chi connectivity index (χ1) is 9.71. The maximum Gasteiger partial charge on any atom is 0.410 e. The molecule has 0 radical (unpaired) electrons. The number of halogens is 3. The molecule has 1 aromatic rings. The number of aliphatic carboxylic acids is 1. The van der Waals surface area contributed by atoms with Crippen LogP contribution in [0.25, 0.3) is 0 Å². The Balaban J connectivity index is 2.44. The molecule has 5 nitrogen and oxygen atoms in total. The number of aromatic nitrogens is 2. The molecule has 2 unspecified atom stereocenters. The van der Waals surface area contributed by atoms with Crippen molar-refractivity contribution in [1.82, 2.24) is 9.78 Å². The van der Waals surface area contributed by atoms with E-state index >= 15 is 0 Å². The number of hydrogen-bond acceptors (Lipinski definition) is 4. The molecule has 0 spiro atoms.